The molecule has 0 aliphatic heterocycles. The van der Waals surface area contributed by atoms with Gasteiger partial charge in [0.2, 0.25) is 0 Å². The van der Waals surface area contributed by atoms with Gasteiger partial charge in [-0.15, -0.1) is 0 Å². The molecule has 96 valence electrons. The van der Waals surface area contributed by atoms with Crippen LogP contribution in [0.3, 0.4) is 0 Å². The lowest BCUT2D eigenvalue weighted by atomic mass is 10.2. The summed E-state index contributed by atoms with van der Waals surface area (Å²) in [5.41, 5.74) is 0. The third-order valence-electron chi connectivity index (χ3n) is 1.53. The minimum Gasteiger partial charge on any atom is -0.435 e. The van der Waals surface area contributed by atoms with Crippen LogP contribution in [0.5, 0.6) is 0 Å². The average Bonchev–Trinajstić information content (AvgIpc) is 2.15. The van der Waals surface area contributed by atoms with Crippen molar-refractivity contribution in [1.29, 1.82) is 0 Å². The van der Waals surface area contributed by atoms with Crippen LogP contribution in [0.4, 0.5) is 0 Å². The van der Waals surface area contributed by atoms with E-state index in [1.54, 1.807) is 0 Å². The van der Waals surface area contributed by atoms with Crippen LogP contribution >= 0.6 is 0 Å². The third kappa shape index (κ3) is 7.48. The number of ether oxygens (including phenoxy) is 2. The van der Waals surface area contributed by atoms with E-state index >= 15 is 0 Å². The smallest absolute Gasteiger partial charge is 0.339 e. The van der Waals surface area contributed by atoms with Gasteiger partial charge in [-0.2, -0.15) is 0 Å². The maximum atomic E-state index is 11.5. The lowest BCUT2D eigenvalue weighted by Gasteiger charge is -2.23. The molecule has 0 rings (SSSR count). The fourth-order valence-corrected chi connectivity index (χ4v) is 2.08. The van der Waals surface area contributed by atoms with Gasteiger partial charge < -0.3 is 13.9 Å². The van der Waals surface area contributed by atoms with Crippen LogP contribution in [0.2, 0.25) is 19.6 Å². The molecular weight excluding hydrogens is 240 g/mol. The van der Waals surface area contributed by atoms with Crippen molar-refractivity contribution in [2.45, 2.75) is 32.2 Å². The monoisotopic (exact) mass is 258 g/mol. The van der Waals surface area contributed by atoms with Crippen LogP contribution in [0.15, 0.2) is 25.7 Å². The second-order valence-corrected chi connectivity index (χ2v) is 8.64. The van der Waals surface area contributed by atoms with Gasteiger partial charge in [0.15, 0.2) is 14.4 Å². The van der Waals surface area contributed by atoms with Crippen LogP contribution in [0.1, 0.15) is 6.42 Å². The first-order chi connectivity index (χ1) is 7.80. The molecule has 0 amide bonds. The minimum absolute atomic E-state index is 0.205. The Morgan fingerprint density at radius 2 is 1.71 bits per heavy atom. The largest absolute Gasteiger partial charge is 0.435 e. The zero-order chi connectivity index (χ0) is 13.5. The fourth-order valence-electron chi connectivity index (χ4n) is 1.05. The first-order valence-corrected chi connectivity index (χ1v) is 8.50. The Labute approximate surface area is 102 Å². The predicted molar refractivity (Wildman–Crippen MR) is 65.4 cm³/mol. The molecule has 0 spiro atoms. The molecule has 0 aliphatic carbocycles. The van der Waals surface area contributed by atoms with E-state index in [1.165, 1.54) is 0 Å². The highest BCUT2D eigenvalue weighted by Gasteiger charge is 2.30. The molecule has 0 heterocycles. The maximum absolute atomic E-state index is 11.5. The lowest BCUT2D eigenvalue weighted by Crippen LogP contribution is -2.38. The average molecular weight is 258 g/mol. The zero-order valence-electron chi connectivity index (χ0n) is 10.4. The highest BCUT2D eigenvalue weighted by Crippen LogP contribution is 2.12. The molecule has 0 fully saturated rings. The van der Waals surface area contributed by atoms with E-state index < -0.39 is 26.4 Å². The van der Waals surface area contributed by atoms with Gasteiger partial charge in [-0.05, 0) is 19.6 Å². The van der Waals surface area contributed by atoms with Gasteiger partial charge in [0.25, 0.3) is 0 Å². The van der Waals surface area contributed by atoms with Gasteiger partial charge >= 0.3 is 11.9 Å². The summed E-state index contributed by atoms with van der Waals surface area (Å²) in [6, 6.07) is 0. The molecule has 6 heteroatoms. The van der Waals surface area contributed by atoms with Crippen molar-refractivity contribution < 1.29 is 23.5 Å². The lowest BCUT2D eigenvalue weighted by molar-refractivity contribution is -0.152. The van der Waals surface area contributed by atoms with E-state index in [1.807, 2.05) is 19.6 Å². The number of esters is 2. The van der Waals surface area contributed by atoms with Crippen LogP contribution in [-0.2, 0) is 23.5 Å². The summed E-state index contributed by atoms with van der Waals surface area (Å²) in [6.07, 6.45) is 0.837. The van der Waals surface area contributed by atoms with Gasteiger partial charge in [-0.1, -0.05) is 13.2 Å². The van der Waals surface area contributed by atoms with Gasteiger partial charge in [0.1, 0.15) is 0 Å². The van der Waals surface area contributed by atoms with E-state index in [9.17, 15) is 9.59 Å². The number of carbonyl (C=O) groups is 2. The fraction of sp³-hybridized carbons (Fsp3) is 0.455. The molecule has 1 atom stereocenters. The maximum Gasteiger partial charge on any atom is 0.339 e. The van der Waals surface area contributed by atoms with Crippen LogP contribution in [0, 0.1) is 0 Å². The summed E-state index contributed by atoms with van der Waals surface area (Å²) in [4.78, 5) is 22.8. The molecule has 0 aromatic carbocycles. The quantitative estimate of drug-likeness (QED) is 0.397. The molecule has 1 unspecified atom stereocenters. The van der Waals surface area contributed by atoms with Gasteiger partial charge in [-0.3, -0.25) is 4.79 Å². The Hall–Kier alpha value is -1.40. The van der Waals surface area contributed by atoms with Crippen LogP contribution < -0.4 is 0 Å². The van der Waals surface area contributed by atoms with E-state index in [2.05, 4.69) is 22.6 Å². The molecule has 0 bridgehead atoms. The van der Waals surface area contributed by atoms with E-state index in [0.717, 1.165) is 12.5 Å². The number of rotatable bonds is 7. The van der Waals surface area contributed by atoms with Gasteiger partial charge in [0, 0.05) is 0 Å². The molecule has 17 heavy (non-hydrogen) atoms. The summed E-state index contributed by atoms with van der Waals surface area (Å²) < 4.78 is 14.7. The first-order valence-electron chi connectivity index (χ1n) is 5.09. The summed E-state index contributed by atoms with van der Waals surface area (Å²) in [7, 11) is -1.97. The minimum atomic E-state index is -1.97. The van der Waals surface area contributed by atoms with E-state index in [-0.39, 0.29) is 6.42 Å². The van der Waals surface area contributed by atoms with E-state index in [4.69, 9.17) is 4.43 Å². The zero-order valence-corrected chi connectivity index (χ0v) is 11.4. The molecule has 0 aliphatic rings. The SMILES string of the molecule is C=COC(=O)CC(O[Si](C)(C)C)C(=O)OC=C. The molecule has 0 aromatic rings. The number of hydrogen-bond donors (Lipinski definition) is 0. The Morgan fingerprint density at radius 1 is 1.18 bits per heavy atom. The topological polar surface area (TPSA) is 61.8 Å². The van der Waals surface area contributed by atoms with Crippen molar-refractivity contribution >= 4 is 20.3 Å². The van der Waals surface area contributed by atoms with E-state index in [0.29, 0.717) is 0 Å². The highest BCUT2D eigenvalue weighted by atomic mass is 28.4. The molecule has 5 nitrogen and oxygen atoms in total. The summed E-state index contributed by atoms with van der Waals surface area (Å²) in [5.74, 6) is -1.24. The summed E-state index contributed by atoms with van der Waals surface area (Å²) >= 11 is 0. The summed E-state index contributed by atoms with van der Waals surface area (Å²) in [5, 5.41) is 0. The number of carbonyl (C=O) groups excluding carboxylic acids is 2. The highest BCUT2D eigenvalue weighted by molar-refractivity contribution is 6.69. The Morgan fingerprint density at radius 3 is 2.12 bits per heavy atom. The van der Waals surface area contributed by atoms with Gasteiger partial charge in [-0.25, -0.2) is 4.79 Å². The molecule has 0 aromatic heterocycles. The van der Waals surface area contributed by atoms with Crippen molar-refractivity contribution in [3.63, 3.8) is 0 Å². The molecule has 0 radical (unpaired) electrons. The Kier molecular flexibility index (Phi) is 6.45. The van der Waals surface area contributed by atoms with Crippen molar-refractivity contribution in [2.75, 3.05) is 0 Å². The number of hydrogen-bond acceptors (Lipinski definition) is 5. The standard InChI is InChI=1S/C11H18O5Si/c1-6-14-10(12)8-9(11(13)15-7-2)16-17(3,4)5/h6-7,9H,1-2,8H2,3-5H3. The summed E-state index contributed by atoms with van der Waals surface area (Å²) in [6.45, 7) is 12.2. The van der Waals surface area contributed by atoms with Crippen molar-refractivity contribution in [3.8, 4) is 0 Å². The van der Waals surface area contributed by atoms with Crippen molar-refractivity contribution in [1.82, 2.24) is 0 Å². The predicted octanol–water partition coefficient (Wildman–Crippen LogP) is 1.97. The second kappa shape index (κ2) is 7.03. The van der Waals surface area contributed by atoms with Crippen molar-refractivity contribution in [2.24, 2.45) is 0 Å². The first kappa shape index (κ1) is 15.6. The molecule has 0 saturated heterocycles. The Bertz CT molecular complexity index is 305. The third-order valence-corrected chi connectivity index (χ3v) is 2.52. The molecule has 0 saturated carbocycles. The molecule has 0 N–H and O–H groups in total. The van der Waals surface area contributed by atoms with Gasteiger partial charge in [0.05, 0.1) is 18.9 Å². The second-order valence-electron chi connectivity index (χ2n) is 4.18. The molecular formula is C11H18O5Si. The Balaban J connectivity index is 4.60. The van der Waals surface area contributed by atoms with Crippen LogP contribution in [-0.4, -0.2) is 26.4 Å². The van der Waals surface area contributed by atoms with Crippen molar-refractivity contribution in [3.05, 3.63) is 25.7 Å². The van der Waals surface area contributed by atoms with Crippen LogP contribution in [0.25, 0.3) is 0 Å². The normalized spacial score (nSPS) is 12.4.